The number of hydrogen-bond acceptors (Lipinski definition) is 5. The van der Waals surface area contributed by atoms with E-state index in [4.69, 9.17) is 5.84 Å². The molecule has 3 aromatic heterocycles. The number of benzene rings is 1. The highest BCUT2D eigenvalue weighted by Crippen LogP contribution is 2.25. The van der Waals surface area contributed by atoms with E-state index in [2.05, 4.69) is 32.2 Å². The second-order valence-electron chi connectivity index (χ2n) is 5.47. The summed E-state index contributed by atoms with van der Waals surface area (Å²) >= 11 is 0. The summed E-state index contributed by atoms with van der Waals surface area (Å²) in [7, 11) is 0. The van der Waals surface area contributed by atoms with Crippen LogP contribution in [0.3, 0.4) is 0 Å². The van der Waals surface area contributed by atoms with Crippen LogP contribution in [0.5, 0.6) is 0 Å². The Labute approximate surface area is 138 Å². The maximum Gasteiger partial charge on any atom is 0.0967 e. The summed E-state index contributed by atoms with van der Waals surface area (Å²) in [6, 6.07) is 15.8. The summed E-state index contributed by atoms with van der Waals surface area (Å²) in [6.07, 6.45) is 5.92. The van der Waals surface area contributed by atoms with Gasteiger partial charge in [0.15, 0.2) is 0 Å². The highest BCUT2D eigenvalue weighted by atomic mass is 15.1. The Balaban J connectivity index is 1.84. The molecule has 1 aromatic carbocycles. The number of hydrogen-bond donors (Lipinski definition) is 1. The maximum absolute atomic E-state index is 5.61. The lowest BCUT2D eigenvalue weighted by Crippen LogP contribution is -2.10. The first-order valence-electron chi connectivity index (χ1n) is 7.66. The Morgan fingerprint density at radius 3 is 2.54 bits per heavy atom. The largest absolute Gasteiger partial charge is 0.323 e. The van der Waals surface area contributed by atoms with Gasteiger partial charge in [-0.25, -0.2) is 0 Å². The van der Waals surface area contributed by atoms with Gasteiger partial charge in [0.2, 0.25) is 0 Å². The Morgan fingerprint density at radius 2 is 1.71 bits per heavy atom. The van der Waals surface area contributed by atoms with Gasteiger partial charge < -0.3 is 5.84 Å². The number of fused-ring (bicyclic) bond motifs is 3. The number of aromatic nitrogens is 3. The molecule has 0 fully saturated rings. The summed E-state index contributed by atoms with van der Waals surface area (Å²) in [4.78, 5) is 13.3. The fourth-order valence-corrected chi connectivity index (χ4v) is 2.88. The molecule has 0 amide bonds. The molecule has 0 radical (unpaired) electrons. The maximum atomic E-state index is 5.61. The smallest absolute Gasteiger partial charge is 0.0967 e. The minimum absolute atomic E-state index is 0.588. The first-order valence-corrected chi connectivity index (χ1v) is 7.66. The molecular weight excluding hydrogens is 298 g/mol. The summed E-state index contributed by atoms with van der Waals surface area (Å²) in [5.74, 6) is 5.61. The molecule has 0 aliphatic carbocycles. The molecule has 24 heavy (non-hydrogen) atoms. The van der Waals surface area contributed by atoms with Gasteiger partial charge in [0.1, 0.15) is 0 Å². The van der Waals surface area contributed by atoms with Gasteiger partial charge in [-0.05, 0) is 29.8 Å². The van der Waals surface area contributed by atoms with Crippen molar-refractivity contribution in [3.63, 3.8) is 0 Å². The molecular formula is C19H15N5. The van der Waals surface area contributed by atoms with Gasteiger partial charge in [0.25, 0.3) is 0 Å². The van der Waals surface area contributed by atoms with Crippen LogP contribution in [-0.4, -0.2) is 20.7 Å². The first-order chi connectivity index (χ1) is 11.9. The standard InChI is InChI=1S/C19H15N5/c20-24-17(16-5-1-2-9-21-16)12-14-8-11-23-19-15(14)7-6-13-4-3-10-22-18(13)19/h1-11H,12,20H2. The number of hydrazone groups is 1. The highest BCUT2D eigenvalue weighted by molar-refractivity contribution is 6.06. The van der Waals surface area contributed by atoms with Gasteiger partial charge in [0.05, 0.1) is 22.4 Å². The fraction of sp³-hybridized carbons (Fsp3) is 0.0526. The van der Waals surface area contributed by atoms with Crippen LogP contribution in [0.1, 0.15) is 11.3 Å². The zero-order chi connectivity index (χ0) is 16.4. The van der Waals surface area contributed by atoms with Crippen LogP contribution in [0.4, 0.5) is 0 Å². The van der Waals surface area contributed by atoms with Crippen molar-refractivity contribution in [2.45, 2.75) is 6.42 Å². The van der Waals surface area contributed by atoms with Crippen molar-refractivity contribution in [1.82, 2.24) is 15.0 Å². The lowest BCUT2D eigenvalue weighted by molar-refractivity contribution is 1.16. The summed E-state index contributed by atoms with van der Waals surface area (Å²) in [6.45, 7) is 0. The van der Waals surface area contributed by atoms with Crippen LogP contribution in [0.25, 0.3) is 21.8 Å². The van der Waals surface area contributed by atoms with Crippen LogP contribution in [0.2, 0.25) is 0 Å². The molecule has 2 N–H and O–H groups in total. The third-order valence-corrected chi connectivity index (χ3v) is 4.05. The molecule has 0 saturated carbocycles. The molecule has 0 spiro atoms. The average molecular weight is 313 g/mol. The number of nitrogens with zero attached hydrogens (tertiary/aromatic N) is 4. The summed E-state index contributed by atoms with van der Waals surface area (Å²) in [5, 5.41) is 6.07. The Morgan fingerprint density at radius 1 is 0.833 bits per heavy atom. The highest BCUT2D eigenvalue weighted by Gasteiger charge is 2.11. The molecule has 3 heterocycles. The molecule has 0 bridgehead atoms. The number of pyridine rings is 3. The number of nitrogens with two attached hydrogens (primary N) is 1. The second-order valence-corrected chi connectivity index (χ2v) is 5.47. The van der Waals surface area contributed by atoms with Crippen molar-refractivity contribution >= 4 is 27.5 Å². The predicted molar refractivity (Wildman–Crippen MR) is 95.7 cm³/mol. The lowest BCUT2D eigenvalue weighted by Gasteiger charge is -2.09. The van der Waals surface area contributed by atoms with Crippen molar-refractivity contribution in [3.8, 4) is 0 Å². The molecule has 4 rings (SSSR count). The van der Waals surface area contributed by atoms with Gasteiger partial charge in [0, 0.05) is 35.8 Å². The fourth-order valence-electron chi connectivity index (χ4n) is 2.88. The molecule has 0 aliphatic rings. The van der Waals surface area contributed by atoms with Crippen molar-refractivity contribution in [2.24, 2.45) is 10.9 Å². The molecule has 0 saturated heterocycles. The van der Waals surface area contributed by atoms with E-state index in [-0.39, 0.29) is 0 Å². The van der Waals surface area contributed by atoms with E-state index in [1.807, 2.05) is 36.4 Å². The minimum atomic E-state index is 0.588. The lowest BCUT2D eigenvalue weighted by atomic mass is 10.0. The van der Waals surface area contributed by atoms with Crippen LogP contribution in [-0.2, 0) is 6.42 Å². The molecule has 0 aliphatic heterocycles. The van der Waals surface area contributed by atoms with Crippen LogP contribution in [0, 0.1) is 0 Å². The third-order valence-electron chi connectivity index (χ3n) is 4.05. The average Bonchev–Trinajstić information content (AvgIpc) is 2.66. The van der Waals surface area contributed by atoms with E-state index >= 15 is 0 Å². The third kappa shape index (κ3) is 2.46. The molecule has 0 unspecified atom stereocenters. The van der Waals surface area contributed by atoms with E-state index in [1.165, 1.54) is 0 Å². The molecule has 5 nitrogen and oxygen atoms in total. The molecule has 116 valence electrons. The quantitative estimate of drug-likeness (QED) is 0.273. The van der Waals surface area contributed by atoms with E-state index in [1.54, 1.807) is 18.6 Å². The van der Waals surface area contributed by atoms with Gasteiger partial charge >= 0.3 is 0 Å². The van der Waals surface area contributed by atoms with Gasteiger partial charge in [-0.15, -0.1) is 0 Å². The van der Waals surface area contributed by atoms with Crippen LogP contribution < -0.4 is 5.84 Å². The Bertz CT molecular complexity index is 1040. The Kier molecular flexibility index (Phi) is 3.59. The van der Waals surface area contributed by atoms with E-state index in [9.17, 15) is 0 Å². The van der Waals surface area contributed by atoms with Gasteiger partial charge in [-0.1, -0.05) is 24.3 Å². The molecule has 5 heteroatoms. The SMILES string of the molecule is NN=C(Cc1ccnc2c1ccc1cccnc12)c1ccccn1. The zero-order valence-corrected chi connectivity index (χ0v) is 12.9. The normalized spacial score (nSPS) is 11.9. The summed E-state index contributed by atoms with van der Waals surface area (Å²) < 4.78 is 0. The monoisotopic (exact) mass is 313 g/mol. The summed E-state index contributed by atoms with van der Waals surface area (Å²) in [5.41, 5.74) is 4.42. The predicted octanol–water partition coefficient (Wildman–Crippen LogP) is 3.08. The van der Waals surface area contributed by atoms with Crippen LogP contribution >= 0.6 is 0 Å². The van der Waals surface area contributed by atoms with E-state index < -0.39 is 0 Å². The van der Waals surface area contributed by atoms with Crippen molar-refractivity contribution in [1.29, 1.82) is 0 Å². The van der Waals surface area contributed by atoms with Gasteiger partial charge in [-0.3, -0.25) is 15.0 Å². The molecule has 0 atom stereocenters. The van der Waals surface area contributed by atoms with Gasteiger partial charge in [-0.2, -0.15) is 5.10 Å². The van der Waals surface area contributed by atoms with Crippen molar-refractivity contribution in [3.05, 3.63) is 78.4 Å². The van der Waals surface area contributed by atoms with Crippen molar-refractivity contribution < 1.29 is 0 Å². The Hall–Kier alpha value is -3.34. The topological polar surface area (TPSA) is 77.0 Å². The zero-order valence-electron chi connectivity index (χ0n) is 12.9. The first kappa shape index (κ1) is 14.3. The number of rotatable bonds is 3. The minimum Gasteiger partial charge on any atom is -0.323 e. The van der Waals surface area contributed by atoms with Crippen molar-refractivity contribution in [2.75, 3.05) is 0 Å². The molecule has 4 aromatic rings. The van der Waals surface area contributed by atoms with E-state index in [0.29, 0.717) is 6.42 Å². The second kappa shape index (κ2) is 6.04. The van der Waals surface area contributed by atoms with Crippen LogP contribution in [0.15, 0.2) is 72.2 Å². The van der Waals surface area contributed by atoms with E-state index in [0.717, 1.165) is 38.8 Å².